The number of rotatable bonds is 4. The number of thioether (sulfide) groups is 1. The monoisotopic (exact) mass is 329 g/mol. The second kappa shape index (κ2) is 6.58. The van der Waals surface area contributed by atoms with E-state index < -0.39 is 0 Å². The first-order chi connectivity index (χ1) is 11.1. The van der Waals surface area contributed by atoms with Gasteiger partial charge in [0.15, 0.2) is 5.16 Å². The summed E-state index contributed by atoms with van der Waals surface area (Å²) in [6, 6.07) is 7.98. The average molecular weight is 329 g/mol. The summed E-state index contributed by atoms with van der Waals surface area (Å²) >= 11 is 1.28. The van der Waals surface area contributed by atoms with Gasteiger partial charge in [-0.2, -0.15) is 0 Å². The molecule has 0 unspecified atom stereocenters. The SMILES string of the molecule is CCc1c(C)nc(SCC(=O)N2CCc3ccccc32)[nH]c1=O. The van der Waals surface area contributed by atoms with Crippen LogP contribution in [0.2, 0.25) is 0 Å². The highest BCUT2D eigenvalue weighted by Crippen LogP contribution is 2.28. The van der Waals surface area contributed by atoms with E-state index in [0.29, 0.717) is 17.1 Å². The van der Waals surface area contributed by atoms with Gasteiger partial charge in [0.25, 0.3) is 5.56 Å². The van der Waals surface area contributed by atoms with Crippen LogP contribution in [-0.2, 0) is 17.6 Å². The Morgan fingerprint density at radius 3 is 2.91 bits per heavy atom. The summed E-state index contributed by atoms with van der Waals surface area (Å²) in [5.41, 5.74) is 3.53. The molecule has 120 valence electrons. The predicted molar refractivity (Wildman–Crippen MR) is 92.2 cm³/mol. The van der Waals surface area contributed by atoms with E-state index in [0.717, 1.165) is 24.3 Å². The summed E-state index contributed by atoms with van der Waals surface area (Å²) in [5, 5.41) is 0.505. The van der Waals surface area contributed by atoms with Crippen LogP contribution in [0.15, 0.2) is 34.2 Å². The number of para-hydroxylation sites is 1. The number of hydrogen-bond acceptors (Lipinski definition) is 4. The molecule has 2 aromatic rings. The zero-order valence-corrected chi connectivity index (χ0v) is 14.1. The van der Waals surface area contributed by atoms with Crippen molar-refractivity contribution < 1.29 is 4.79 Å². The molecule has 1 aliphatic heterocycles. The van der Waals surface area contributed by atoms with Crippen molar-refractivity contribution >= 4 is 23.4 Å². The van der Waals surface area contributed by atoms with Crippen molar-refractivity contribution in [1.29, 1.82) is 0 Å². The Balaban J connectivity index is 1.70. The van der Waals surface area contributed by atoms with Crippen LogP contribution in [0.1, 0.15) is 23.7 Å². The molecule has 1 N–H and O–H groups in total. The van der Waals surface area contributed by atoms with Crippen LogP contribution >= 0.6 is 11.8 Å². The topological polar surface area (TPSA) is 66.1 Å². The molecule has 1 amide bonds. The van der Waals surface area contributed by atoms with E-state index in [1.54, 1.807) is 0 Å². The third-order valence-electron chi connectivity index (χ3n) is 4.07. The smallest absolute Gasteiger partial charge is 0.254 e. The molecule has 5 nitrogen and oxygen atoms in total. The normalized spacial score (nSPS) is 13.2. The Labute approximate surface area is 139 Å². The van der Waals surface area contributed by atoms with Crippen molar-refractivity contribution in [3.05, 3.63) is 51.4 Å². The molecule has 0 aliphatic carbocycles. The molecular formula is C17H19N3O2S. The van der Waals surface area contributed by atoms with Crippen LogP contribution in [0.4, 0.5) is 5.69 Å². The molecule has 0 saturated heterocycles. The lowest BCUT2D eigenvalue weighted by molar-refractivity contribution is -0.116. The summed E-state index contributed by atoms with van der Waals surface area (Å²) < 4.78 is 0. The lowest BCUT2D eigenvalue weighted by Crippen LogP contribution is -2.30. The molecule has 0 atom stereocenters. The average Bonchev–Trinajstić information content (AvgIpc) is 2.96. The Kier molecular flexibility index (Phi) is 4.52. The van der Waals surface area contributed by atoms with Crippen molar-refractivity contribution in [1.82, 2.24) is 9.97 Å². The number of H-pyrrole nitrogens is 1. The quantitative estimate of drug-likeness (QED) is 0.690. The van der Waals surface area contributed by atoms with Gasteiger partial charge in [-0.15, -0.1) is 0 Å². The second-order valence-corrected chi connectivity index (χ2v) is 6.47. The Morgan fingerprint density at radius 2 is 2.17 bits per heavy atom. The van der Waals surface area contributed by atoms with Gasteiger partial charge in [0, 0.05) is 23.5 Å². The van der Waals surface area contributed by atoms with Gasteiger partial charge in [0.2, 0.25) is 5.91 Å². The van der Waals surface area contributed by atoms with Crippen LogP contribution in [-0.4, -0.2) is 28.2 Å². The van der Waals surface area contributed by atoms with Crippen molar-refractivity contribution in [2.24, 2.45) is 0 Å². The van der Waals surface area contributed by atoms with Gasteiger partial charge in [0.1, 0.15) is 0 Å². The van der Waals surface area contributed by atoms with Crippen LogP contribution < -0.4 is 10.5 Å². The molecule has 0 bridgehead atoms. The number of aromatic amines is 1. The number of anilines is 1. The summed E-state index contributed by atoms with van der Waals surface area (Å²) in [6.07, 6.45) is 1.55. The predicted octanol–water partition coefficient (Wildman–Crippen LogP) is 2.32. The Morgan fingerprint density at radius 1 is 1.39 bits per heavy atom. The third kappa shape index (κ3) is 3.17. The van der Waals surface area contributed by atoms with E-state index in [9.17, 15) is 9.59 Å². The van der Waals surface area contributed by atoms with Gasteiger partial charge in [-0.1, -0.05) is 36.9 Å². The second-order valence-electron chi connectivity index (χ2n) is 5.50. The number of amides is 1. The minimum Gasteiger partial charge on any atom is -0.311 e. The maximum absolute atomic E-state index is 12.5. The molecule has 1 aromatic carbocycles. The Hall–Kier alpha value is -2.08. The summed E-state index contributed by atoms with van der Waals surface area (Å²) in [6.45, 7) is 4.48. The van der Waals surface area contributed by atoms with Gasteiger partial charge in [-0.05, 0) is 31.4 Å². The fourth-order valence-corrected chi connectivity index (χ4v) is 3.66. The minimum absolute atomic E-state index is 0.0415. The van der Waals surface area contributed by atoms with E-state index in [2.05, 4.69) is 16.0 Å². The first-order valence-corrected chi connectivity index (χ1v) is 8.69. The Bertz CT molecular complexity index is 801. The maximum Gasteiger partial charge on any atom is 0.254 e. The van der Waals surface area contributed by atoms with Crippen LogP contribution in [0, 0.1) is 6.92 Å². The largest absolute Gasteiger partial charge is 0.311 e. The zero-order chi connectivity index (χ0) is 16.4. The first-order valence-electron chi connectivity index (χ1n) is 7.71. The summed E-state index contributed by atoms with van der Waals surface area (Å²) in [4.78, 5) is 33.4. The number of hydrogen-bond donors (Lipinski definition) is 1. The van der Waals surface area contributed by atoms with Crippen molar-refractivity contribution in [2.45, 2.75) is 31.8 Å². The van der Waals surface area contributed by atoms with Gasteiger partial charge in [-0.25, -0.2) is 4.98 Å². The number of carbonyl (C=O) groups excluding carboxylic acids is 1. The molecule has 0 spiro atoms. The highest BCUT2D eigenvalue weighted by molar-refractivity contribution is 7.99. The lowest BCUT2D eigenvalue weighted by atomic mass is 10.2. The standard InChI is InChI=1S/C17H19N3O2S/c1-3-13-11(2)18-17(19-16(13)22)23-10-15(21)20-9-8-12-6-4-5-7-14(12)20/h4-7H,3,8-10H2,1-2H3,(H,18,19,22). The molecule has 0 fully saturated rings. The number of aromatic nitrogens is 2. The first kappa shape index (κ1) is 15.8. The molecule has 6 heteroatoms. The van der Waals surface area contributed by atoms with Crippen molar-refractivity contribution in [3.8, 4) is 0 Å². The third-order valence-corrected chi connectivity index (χ3v) is 4.93. The molecule has 0 radical (unpaired) electrons. The lowest BCUT2D eigenvalue weighted by Gasteiger charge is -2.16. The van der Waals surface area contributed by atoms with E-state index in [1.807, 2.05) is 36.9 Å². The molecular weight excluding hydrogens is 310 g/mol. The van der Waals surface area contributed by atoms with E-state index in [4.69, 9.17) is 0 Å². The van der Waals surface area contributed by atoms with E-state index in [1.165, 1.54) is 17.3 Å². The molecule has 1 aliphatic rings. The van der Waals surface area contributed by atoms with Crippen molar-refractivity contribution in [2.75, 3.05) is 17.2 Å². The fourth-order valence-electron chi connectivity index (χ4n) is 2.87. The minimum atomic E-state index is -0.110. The highest BCUT2D eigenvalue weighted by Gasteiger charge is 2.24. The zero-order valence-electron chi connectivity index (χ0n) is 13.3. The number of carbonyl (C=O) groups is 1. The van der Waals surface area contributed by atoms with Crippen LogP contribution in [0.3, 0.4) is 0 Å². The fraction of sp³-hybridized carbons (Fsp3) is 0.353. The summed E-state index contributed by atoms with van der Waals surface area (Å²) in [5.74, 6) is 0.308. The molecule has 1 aromatic heterocycles. The van der Waals surface area contributed by atoms with Gasteiger partial charge < -0.3 is 9.88 Å². The molecule has 23 heavy (non-hydrogen) atoms. The van der Waals surface area contributed by atoms with Crippen molar-refractivity contribution in [3.63, 3.8) is 0 Å². The number of benzene rings is 1. The maximum atomic E-state index is 12.5. The molecule has 0 saturated carbocycles. The van der Waals surface area contributed by atoms with Gasteiger partial charge in [0.05, 0.1) is 5.75 Å². The van der Waals surface area contributed by atoms with Crippen LogP contribution in [0.5, 0.6) is 0 Å². The van der Waals surface area contributed by atoms with Gasteiger partial charge >= 0.3 is 0 Å². The molecule has 3 rings (SSSR count). The molecule has 2 heterocycles. The van der Waals surface area contributed by atoms with Crippen LogP contribution in [0.25, 0.3) is 0 Å². The van der Waals surface area contributed by atoms with E-state index >= 15 is 0 Å². The summed E-state index contributed by atoms with van der Waals surface area (Å²) in [7, 11) is 0. The van der Waals surface area contributed by atoms with Gasteiger partial charge in [-0.3, -0.25) is 9.59 Å². The highest BCUT2D eigenvalue weighted by atomic mass is 32.2. The number of nitrogens with zero attached hydrogens (tertiary/aromatic N) is 2. The number of nitrogens with one attached hydrogen (secondary N) is 1. The number of aryl methyl sites for hydroxylation is 1. The number of fused-ring (bicyclic) bond motifs is 1. The van der Waals surface area contributed by atoms with E-state index in [-0.39, 0.29) is 17.2 Å².